The van der Waals surface area contributed by atoms with Gasteiger partial charge in [-0.05, 0) is 37.3 Å². The van der Waals surface area contributed by atoms with Crippen LogP contribution in [0.2, 0.25) is 0 Å². The Morgan fingerprint density at radius 2 is 1.72 bits per heavy atom. The third kappa shape index (κ3) is 5.74. The molecular weight excluding hydrogens is 370 g/mol. The van der Waals surface area contributed by atoms with Crippen LogP contribution in [0.4, 0.5) is 0 Å². The first-order chi connectivity index (χ1) is 14.0. The van der Waals surface area contributed by atoms with Gasteiger partial charge in [0.2, 0.25) is 0 Å². The zero-order valence-corrected chi connectivity index (χ0v) is 17.9. The first-order valence-electron chi connectivity index (χ1n) is 10.2. The van der Waals surface area contributed by atoms with E-state index >= 15 is 0 Å². The first kappa shape index (κ1) is 21.2. The van der Waals surface area contributed by atoms with E-state index in [0.29, 0.717) is 13.1 Å². The summed E-state index contributed by atoms with van der Waals surface area (Å²) in [6.07, 6.45) is 0. The standard InChI is InChI=1S/C22H31N3O4/c1-17-5-7-19(29-17)15-23(2)22(26)16-25-11-9-24(10-12-25)14-18-6-8-20(27-3)21(13-18)28-4/h5-8,13H,9-12,14-16H2,1-4H3/p+2. The summed E-state index contributed by atoms with van der Waals surface area (Å²) in [5.74, 6) is 3.40. The third-order valence-corrected chi connectivity index (χ3v) is 5.58. The Hall–Kier alpha value is -2.51. The van der Waals surface area contributed by atoms with Crippen LogP contribution >= 0.6 is 0 Å². The summed E-state index contributed by atoms with van der Waals surface area (Å²) in [4.78, 5) is 17.2. The van der Waals surface area contributed by atoms with E-state index in [2.05, 4.69) is 12.1 Å². The SMILES string of the molecule is COc1ccc(C[NH+]2CC[NH+](CC(=O)N(C)Cc3ccc(C)o3)CC2)cc1OC. The lowest BCUT2D eigenvalue weighted by molar-refractivity contribution is -1.02. The maximum Gasteiger partial charge on any atom is 0.277 e. The molecule has 1 saturated heterocycles. The van der Waals surface area contributed by atoms with E-state index in [0.717, 1.165) is 55.7 Å². The molecule has 0 aliphatic carbocycles. The number of rotatable bonds is 8. The van der Waals surface area contributed by atoms with Gasteiger partial charge in [0, 0.05) is 12.6 Å². The van der Waals surface area contributed by atoms with Gasteiger partial charge in [-0.25, -0.2) is 0 Å². The van der Waals surface area contributed by atoms with E-state index in [-0.39, 0.29) is 5.91 Å². The van der Waals surface area contributed by atoms with Gasteiger partial charge in [0.25, 0.3) is 5.91 Å². The number of hydrogen-bond acceptors (Lipinski definition) is 4. The second-order valence-corrected chi connectivity index (χ2v) is 7.81. The van der Waals surface area contributed by atoms with Gasteiger partial charge in [-0.3, -0.25) is 4.79 Å². The fourth-order valence-corrected chi connectivity index (χ4v) is 3.83. The highest BCUT2D eigenvalue weighted by Crippen LogP contribution is 2.27. The number of benzene rings is 1. The normalized spacial score (nSPS) is 19.0. The van der Waals surface area contributed by atoms with E-state index in [4.69, 9.17) is 13.9 Å². The van der Waals surface area contributed by atoms with Gasteiger partial charge in [0.05, 0.1) is 20.8 Å². The quantitative estimate of drug-likeness (QED) is 0.627. The fraction of sp³-hybridized carbons (Fsp3) is 0.500. The first-order valence-corrected chi connectivity index (χ1v) is 10.2. The fourth-order valence-electron chi connectivity index (χ4n) is 3.83. The zero-order valence-electron chi connectivity index (χ0n) is 17.9. The van der Waals surface area contributed by atoms with Gasteiger partial charge in [-0.2, -0.15) is 0 Å². The third-order valence-electron chi connectivity index (χ3n) is 5.58. The summed E-state index contributed by atoms with van der Waals surface area (Å²) >= 11 is 0. The Morgan fingerprint density at radius 1 is 1.03 bits per heavy atom. The molecule has 1 aliphatic heterocycles. The van der Waals surface area contributed by atoms with Crippen molar-refractivity contribution in [2.45, 2.75) is 20.0 Å². The van der Waals surface area contributed by atoms with Crippen LogP contribution in [-0.4, -0.2) is 64.8 Å². The van der Waals surface area contributed by atoms with E-state index in [1.54, 1.807) is 19.1 Å². The molecule has 7 nitrogen and oxygen atoms in total. The number of furan rings is 1. The van der Waals surface area contributed by atoms with Gasteiger partial charge in [0.15, 0.2) is 18.0 Å². The van der Waals surface area contributed by atoms with Crippen LogP contribution in [0.3, 0.4) is 0 Å². The number of ether oxygens (including phenoxy) is 2. The number of piperazine rings is 1. The minimum absolute atomic E-state index is 0.164. The molecule has 2 heterocycles. The lowest BCUT2D eigenvalue weighted by Gasteiger charge is -2.30. The molecule has 1 aromatic carbocycles. The van der Waals surface area contributed by atoms with Gasteiger partial charge in [-0.15, -0.1) is 0 Å². The van der Waals surface area contributed by atoms with Crippen molar-refractivity contribution in [2.24, 2.45) is 0 Å². The van der Waals surface area contributed by atoms with Crippen molar-refractivity contribution in [3.63, 3.8) is 0 Å². The molecule has 0 saturated carbocycles. The van der Waals surface area contributed by atoms with Gasteiger partial charge < -0.3 is 28.6 Å². The smallest absolute Gasteiger partial charge is 0.277 e. The van der Waals surface area contributed by atoms with Crippen molar-refractivity contribution < 1.29 is 28.5 Å². The van der Waals surface area contributed by atoms with Crippen LogP contribution in [0.15, 0.2) is 34.7 Å². The van der Waals surface area contributed by atoms with Crippen LogP contribution in [0.1, 0.15) is 17.1 Å². The maximum absolute atomic E-state index is 12.6. The second-order valence-electron chi connectivity index (χ2n) is 7.81. The number of amides is 1. The second kappa shape index (κ2) is 9.80. The van der Waals surface area contributed by atoms with Crippen molar-refractivity contribution in [2.75, 3.05) is 54.0 Å². The number of hydrogen-bond donors (Lipinski definition) is 2. The molecule has 0 atom stereocenters. The Morgan fingerprint density at radius 3 is 2.34 bits per heavy atom. The highest BCUT2D eigenvalue weighted by atomic mass is 16.5. The lowest BCUT2D eigenvalue weighted by Crippen LogP contribution is -3.28. The van der Waals surface area contributed by atoms with Gasteiger partial charge in [0.1, 0.15) is 44.2 Å². The number of nitrogens with zero attached hydrogens (tertiary/aromatic N) is 1. The average molecular weight is 404 g/mol. The summed E-state index contributed by atoms with van der Waals surface area (Å²) in [5.41, 5.74) is 1.24. The van der Waals surface area contributed by atoms with Crippen molar-refractivity contribution in [1.82, 2.24) is 4.90 Å². The van der Waals surface area contributed by atoms with Crippen molar-refractivity contribution in [3.05, 3.63) is 47.4 Å². The van der Waals surface area contributed by atoms with E-state index < -0.39 is 0 Å². The number of aryl methyl sites for hydroxylation is 1. The van der Waals surface area contributed by atoms with E-state index in [1.165, 1.54) is 15.4 Å². The summed E-state index contributed by atoms with van der Waals surface area (Å²) in [7, 11) is 5.16. The van der Waals surface area contributed by atoms with Crippen LogP contribution in [0.5, 0.6) is 11.5 Å². The van der Waals surface area contributed by atoms with Gasteiger partial charge >= 0.3 is 0 Å². The number of carbonyl (C=O) groups is 1. The van der Waals surface area contributed by atoms with E-state index in [1.807, 2.05) is 32.2 Å². The molecule has 1 amide bonds. The summed E-state index contributed by atoms with van der Waals surface area (Å²) in [6, 6.07) is 9.98. The molecule has 3 rings (SSSR count). The molecule has 2 aromatic rings. The van der Waals surface area contributed by atoms with Crippen LogP contribution in [0, 0.1) is 6.92 Å². The Balaban J connectivity index is 1.44. The molecule has 0 unspecified atom stereocenters. The molecule has 1 aromatic heterocycles. The molecular formula is C22H33N3O4+2. The van der Waals surface area contributed by atoms with E-state index in [9.17, 15) is 4.79 Å². The van der Waals surface area contributed by atoms with Crippen molar-refractivity contribution >= 4 is 5.91 Å². The number of likely N-dealkylation sites (N-methyl/N-ethyl adjacent to an activating group) is 1. The largest absolute Gasteiger partial charge is 0.493 e. The summed E-state index contributed by atoms with van der Waals surface area (Å²) in [6.45, 7) is 8.05. The average Bonchev–Trinajstić information content (AvgIpc) is 3.13. The predicted molar refractivity (Wildman–Crippen MR) is 109 cm³/mol. The molecule has 1 aliphatic rings. The Bertz CT molecular complexity index is 812. The Kier molecular flexibility index (Phi) is 7.17. The zero-order chi connectivity index (χ0) is 20.8. The highest BCUT2D eigenvalue weighted by molar-refractivity contribution is 5.76. The Labute approximate surface area is 172 Å². The predicted octanol–water partition coefficient (Wildman–Crippen LogP) is -0.453. The van der Waals surface area contributed by atoms with Crippen LogP contribution < -0.4 is 19.3 Å². The molecule has 0 bridgehead atoms. The molecule has 0 spiro atoms. The highest BCUT2D eigenvalue weighted by Gasteiger charge is 2.26. The minimum Gasteiger partial charge on any atom is -0.493 e. The number of carbonyl (C=O) groups excluding carboxylic acids is 1. The molecule has 2 N–H and O–H groups in total. The number of nitrogens with one attached hydrogen (secondary N) is 2. The summed E-state index contributed by atoms with van der Waals surface area (Å²) in [5, 5.41) is 0. The monoisotopic (exact) mass is 403 g/mol. The number of quaternary nitrogens is 2. The van der Waals surface area contributed by atoms with Crippen molar-refractivity contribution in [3.8, 4) is 11.5 Å². The topological polar surface area (TPSA) is 60.8 Å². The molecule has 29 heavy (non-hydrogen) atoms. The van der Waals surface area contributed by atoms with Crippen LogP contribution in [-0.2, 0) is 17.9 Å². The number of methoxy groups -OCH3 is 2. The molecule has 1 fully saturated rings. The van der Waals surface area contributed by atoms with Crippen molar-refractivity contribution in [1.29, 1.82) is 0 Å². The molecule has 158 valence electrons. The molecule has 0 radical (unpaired) electrons. The minimum atomic E-state index is 0.164. The van der Waals surface area contributed by atoms with Crippen LogP contribution in [0.25, 0.3) is 0 Å². The van der Waals surface area contributed by atoms with Gasteiger partial charge in [-0.1, -0.05) is 0 Å². The molecule has 7 heteroatoms. The lowest BCUT2D eigenvalue weighted by atomic mass is 10.1. The summed E-state index contributed by atoms with van der Waals surface area (Å²) < 4.78 is 16.3. The maximum atomic E-state index is 12.6.